The molecule has 0 radical (unpaired) electrons. The fourth-order valence-electron chi connectivity index (χ4n) is 0.510. The molecule has 0 spiro atoms. The first-order valence-electron chi connectivity index (χ1n) is 3.57. The minimum absolute atomic E-state index is 1.00. The molecule has 1 rings (SSSR count). The van der Waals surface area contributed by atoms with Gasteiger partial charge in [-0.3, -0.25) is 0 Å². The molecule has 1 heterocycles. The molecule has 0 atom stereocenters. The third kappa shape index (κ3) is 8.30. The Morgan fingerprint density at radius 3 is 1.89 bits per heavy atom. The molecule has 1 fully saturated rings. The molecule has 0 amide bonds. The minimum atomic E-state index is 1.00. The van der Waals surface area contributed by atoms with Crippen molar-refractivity contribution in [2.75, 3.05) is 13.2 Å². The van der Waals surface area contributed by atoms with Crippen LogP contribution in [0, 0.1) is 0 Å². The van der Waals surface area contributed by atoms with Crippen LogP contribution >= 0.6 is 0 Å². The van der Waals surface area contributed by atoms with Gasteiger partial charge in [0.05, 0.1) is 0 Å². The second-order valence-electron chi connectivity index (χ2n) is 1.99. The summed E-state index contributed by atoms with van der Waals surface area (Å²) in [6.07, 6.45) is 4.56. The van der Waals surface area contributed by atoms with Gasteiger partial charge in [0.1, 0.15) is 0 Å². The van der Waals surface area contributed by atoms with Gasteiger partial charge in [-0.25, -0.2) is 0 Å². The van der Waals surface area contributed by atoms with Crippen LogP contribution in [0.2, 0.25) is 0 Å². The van der Waals surface area contributed by atoms with Gasteiger partial charge in [-0.05, 0) is 12.8 Å². The van der Waals surface area contributed by atoms with Crippen LogP contribution in [0.15, 0.2) is 10.8 Å². The molecule has 0 saturated carbocycles. The summed E-state index contributed by atoms with van der Waals surface area (Å²) >= 11 is 2.00. The van der Waals surface area contributed by atoms with Crippen LogP contribution < -0.4 is 0 Å². The van der Waals surface area contributed by atoms with Gasteiger partial charge in [0.15, 0.2) is 0 Å². The third-order valence-corrected chi connectivity index (χ3v) is 1.16. The summed E-state index contributed by atoms with van der Waals surface area (Å²) in [4.78, 5) is 0. The standard InChI is InChI=1S/C4H8O.C3H5.Li/c1-2-4-5-3-1;1-3-2;/h1-4H2;1,3H,2H3;. The summed E-state index contributed by atoms with van der Waals surface area (Å²) in [5.41, 5.74) is 0. The Hall–Kier alpha value is 0.297. The second-order valence-corrected chi connectivity index (χ2v) is 1.99. The average Bonchev–Trinajstić information content (AvgIpc) is 2.43. The topological polar surface area (TPSA) is 9.23 Å². The van der Waals surface area contributed by atoms with Gasteiger partial charge in [-0.2, -0.15) is 0 Å². The van der Waals surface area contributed by atoms with E-state index in [1.54, 1.807) is 0 Å². The van der Waals surface area contributed by atoms with E-state index in [2.05, 4.69) is 0 Å². The van der Waals surface area contributed by atoms with Crippen LogP contribution in [-0.2, 0) is 4.74 Å². The summed E-state index contributed by atoms with van der Waals surface area (Å²) in [5, 5.41) is 0. The van der Waals surface area contributed by atoms with E-state index in [0.29, 0.717) is 0 Å². The Morgan fingerprint density at radius 2 is 1.78 bits per heavy atom. The Bertz CT molecular complexity index is 55.7. The zero-order valence-corrected chi connectivity index (χ0v) is 6.39. The van der Waals surface area contributed by atoms with E-state index in [1.807, 2.05) is 35.5 Å². The zero-order chi connectivity index (χ0) is 6.95. The molecule has 1 saturated heterocycles. The number of hydrogen-bond donors (Lipinski definition) is 0. The molecule has 0 aromatic carbocycles. The first kappa shape index (κ1) is 9.30. The quantitative estimate of drug-likeness (QED) is 0.440. The van der Waals surface area contributed by atoms with Crippen molar-refractivity contribution < 1.29 is 4.74 Å². The summed E-state index contributed by atoms with van der Waals surface area (Å²) in [5.74, 6) is 0. The maximum atomic E-state index is 4.94. The molecule has 0 unspecified atom stereocenters. The van der Waals surface area contributed by atoms with E-state index in [9.17, 15) is 0 Å². The molecule has 0 aliphatic carbocycles. The van der Waals surface area contributed by atoms with Crippen LogP contribution in [0.5, 0.6) is 0 Å². The van der Waals surface area contributed by atoms with Gasteiger partial charge in [0.2, 0.25) is 0 Å². The fraction of sp³-hybridized carbons (Fsp3) is 0.714. The summed E-state index contributed by atoms with van der Waals surface area (Å²) in [6.45, 7) is 4.00. The summed E-state index contributed by atoms with van der Waals surface area (Å²) in [6, 6.07) is 0. The number of allylic oxidation sites excluding steroid dienone is 1. The van der Waals surface area contributed by atoms with Crippen molar-refractivity contribution in [3.8, 4) is 0 Å². The Morgan fingerprint density at radius 1 is 1.33 bits per heavy atom. The van der Waals surface area contributed by atoms with E-state index < -0.39 is 0 Å². The van der Waals surface area contributed by atoms with E-state index in [1.165, 1.54) is 12.8 Å². The zero-order valence-electron chi connectivity index (χ0n) is 6.39. The third-order valence-electron chi connectivity index (χ3n) is 1.16. The van der Waals surface area contributed by atoms with Gasteiger partial charge in [0, 0.05) is 13.2 Å². The normalized spacial score (nSPS) is 17.7. The van der Waals surface area contributed by atoms with Crippen molar-refractivity contribution in [3.05, 3.63) is 10.8 Å². The molecule has 2 heteroatoms. The van der Waals surface area contributed by atoms with Gasteiger partial charge in [0.25, 0.3) is 0 Å². The van der Waals surface area contributed by atoms with Crippen LogP contribution in [0.3, 0.4) is 0 Å². The molecular weight excluding hydrogens is 107 g/mol. The molecule has 1 aliphatic heterocycles. The van der Waals surface area contributed by atoms with Crippen molar-refractivity contribution in [1.29, 1.82) is 0 Å². The monoisotopic (exact) mass is 120 g/mol. The van der Waals surface area contributed by atoms with Crippen molar-refractivity contribution in [1.82, 2.24) is 0 Å². The van der Waals surface area contributed by atoms with Gasteiger partial charge < -0.3 is 4.74 Å². The fourth-order valence-corrected chi connectivity index (χ4v) is 0.510. The summed E-state index contributed by atoms with van der Waals surface area (Å²) < 4.78 is 6.94. The van der Waals surface area contributed by atoms with Gasteiger partial charge >= 0.3 is 35.5 Å². The molecule has 0 bridgehead atoms. The van der Waals surface area contributed by atoms with Crippen molar-refractivity contribution in [2.24, 2.45) is 0 Å². The van der Waals surface area contributed by atoms with Gasteiger partial charge in [-0.15, -0.1) is 0 Å². The first-order chi connectivity index (χ1) is 4.41. The first-order valence-corrected chi connectivity index (χ1v) is 3.57. The molecule has 0 aromatic rings. The van der Waals surface area contributed by atoms with E-state index in [-0.39, 0.29) is 0 Å². The predicted molar refractivity (Wildman–Crippen MR) is 40.6 cm³/mol. The molecular formula is C7H13LiO. The average molecular weight is 120 g/mol. The second kappa shape index (κ2) is 8.30. The van der Waals surface area contributed by atoms with Crippen molar-refractivity contribution in [3.63, 3.8) is 0 Å². The van der Waals surface area contributed by atoms with Crippen LogP contribution in [0.1, 0.15) is 19.8 Å². The number of rotatable bonds is 0. The van der Waals surface area contributed by atoms with Crippen LogP contribution in [0.25, 0.3) is 0 Å². The summed E-state index contributed by atoms with van der Waals surface area (Å²) in [7, 11) is 0. The number of ether oxygens (including phenoxy) is 1. The van der Waals surface area contributed by atoms with Crippen molar-refractivity contribution in [2.45, 2.75) is 19.8 Å². The van der Waals surface area contributed by atoms with E-state index in [4.69, 9.17) is 4.74 Å². The molecule has 0 aromatic heterocycles. The Balaban J connectivity index is 0.000000148. The molecule has 1 aliphatic rings. The predicted octanol–water partition coefficient (Wildman–Crippen LogP) is 1.49. The van der Waals surface area contributed by atoms with Crippen molar-refractivity contribution >= 4 is 17.7 Å². The maximum absolute atomic E-state index is 4.94. The SMILES string of the molecule is C1CCOC1.[Li]/[CH]=C\C. The molecule has 0 N–H and O–H groups in total. The van der Waals surface area contributed by atoms with Crippen LogP contribution in [0.4, 0.5) is 0 Å². The Kier molecular flexibility index (Phi) is 8.57. The molecule has 9 heavy (non-hydrogen) atoms. The Labute approximate surface area is 66.7 Å². The van der Waals surface area contributed by atoms with Gasteiger partial charge in [-0.1, -0.05) is 0 Å². The molecule has 1 nitrogen and oxygen atoms in total. The van der Waals surface area contributed by atoms with E-state index in [0.717, 1.165) is 13.2 Å². The van der Waals surface area contributed by atoms with E-state index >= 15 is 0 Å². The number of hydrogen-bond acceptors (Lipinski definition) is 1. The van der Waals surface area contributed by atoms with Crippen LogP contribution in [-0.4, -0.2) is 30.9 Å². The molecule has 48 valence electrons.